The standard InChI is InChI=1S/C39H38O2/c1-3-29-14-16-31(17-15-29)26-32-18-20-34(21-19-32)38(28(2)12-13-30-8-5-4-6-9-30)35-24-22-33(23-25-35)36-10-7-11-37(27-36)39(40)41/h1,4-11,14-17,22-25,27,32,34,38H,2,12-13,18-21,26H2,(H,40,41). The summed E-state index contributed by atoms with van der Waals surface area (Å²) < 4.78 is 0. The number of carbonyl (C=O) groups is 1. The number of rotatable bonds is 10. The van der Waals surface area contributed by atoms with Crippen LogP contribution in [0.15, 0.2) is 115 Å². The number of hydrogen-bond donors (Lipinski definition) is 1. The Labute approximate surface area is 244 Å². The number of terminal acetylenes is 1. The monoisotopic (exact) mass is 538 g/mol. The van der Waals surface area contributed by atoms with E-state index in [1.54, 1.807) is 12.1 Å². The van der Waals surface area contributed by atoms with Gasteiger partial charge in [0.2, 0.25) is 0 Å². The van der Waals surface area contributed by atoms with Crippen LogP contribution in [-0.2, 0) is 12.8 Å². The van der Waals surface area contributed by atoms with Crippen molar-refractivity contribution < 1.29 is 9.90 Å². The molecule has 0 aromatic heterocycles. The Morgan fingerprint density at radius 1 is 0.829 bits per heavy atom. The summed E-state index contributed by atoms with van der Waals surface area (Å²) in [4.78, 5) is 11.5. The first-order valence-electron chi connectivity index (χ1n) is 14.7. The second-order valence-corrected chi connectivity index (χ2v) is 11.5. The fourth-order valence-corrected chi connectivity index (χ4v) is 6.46. The van der Waals surface area contributed by atoms with E-state index in [4.69, 9.17) is 6.42 Å². The lowest BCUT2D eigenvalue weighted by molar-refractivity contribution is 0.0697. The van der Waals surface area contributed by atoms with Crippen LogP contribution in [0.1, 0.15) is 70.6 Å². The van der Waals surface area contributed by atoms with Crippen LogP contribution in [0.25, 0.3) is 11.1 Å². The van der Waals surface area contributed by atoms with Gasteiger partial charge in [0.1, 0.15) is 0 Å². The van der Waals surface area contributed by atoms with Crippen LogP contribution >= 0.6 is 0 Å². The van der Waals surface area contributed by atoms with Crippen molar-refractivity contribution in [1.29, 1.82) is 0 Å². The SMILES string of the molecule is C#Cc1ccc(CC2CCC(C(C(=C)CCc3ccccc3)c3ccc(-c4cccc(C(=O)O)c4)cc3)CC2)cc1. The molecular weight excluding hydrogens is 500 g/mol. The summed E-state index contributed by atoms with van der Waals surface area (Å²) in [7, 11) is 0. The Morgan fingerprint density at radius 3 is 2.20 bits per heavy atom. The second-order valence-electron chi connectivity index (χ2n) is 11.5. The predicted molar refractivity (Wildman–Crippen MR) is 169 cm³/mol. The molecule has 41 heavy (non-hydrogen) atoms. The number of aromatic carboxylic acids is 1. The highest BCUT2D eigenvalue weighted by atomic mass is 16.4. The second kappa shape index (κ2) is 13.3. The van der Waals surface area contributed by atoms with E-state index in [2.05, 4.69) is 91.4 Å². The molecule has 1 fully saturated rings. The van der Waals surface area contributed by atoms with Crippen LogP contribution < -0.4 is 0 Å². The summed E-state index contributed by atoms with van der Waals surface area (Å²) in [5.74, 6) is 3.39. The smallest absolute Gasteiger partial charge is 0.335 e. The zero-order chi connectivity index (χ0) is 28.6. The molecule has 0 heterocycles. The fourth-order valence-electron chi connectivity index (χ4n) is 6.46. The number of carboxylic acids is 1. The summed E-state index contributed by atoms with van der Waals surface area (Å²) in [5, 5.41) is 9.42. The molecule has 0 saturated heterocycles. The van der Waals surface area contributed by atoms with Gasteiger partial charge in [-0.15, -0.1) is 6.42 Å². The van der Waals surface area contributed by atoms with Crippen LogP contribution in [0.3, 0.4) is 0 Å². The number of carboxylic acid groups (broad SMARTS) is 1. The minimum Gasteiger partial charge on any atom is -0.478 e. The molecule has 1 N–H and O–H groups in total. The minimum absolute atomic E-state index is 0.308. The largest absolute Gasteiger partial charge is 0.478 e. The van der Waals surface area contributed by atoms with Crippen LogP contribution in [0, 0.1) is 24.2 Å². The van der Waals surface area contributed by atoms with Gasteiger partial charge in [-0.3, -0.25) is 0 Å². The maximum absolute atomic E-state index is 11.5. The minimum atomic E-state index is -0.904. The van der Waals surface area contributed by atoms with E-state index < -0.39 is 5.97 Å². The van der Waals surface area contributed by atoms with Crippen LogP contribution in [0.2, 0.25) is 0 Å². The molecule has 1 unspecified atom stereocenters. The molecule has 0 amide bonds. The molecule has 206 valence electrons. The molecule has 4 aromatic carbocycles. The Bertz CT molecular complexity index is 1500. The highest BCUT2D eigenvalue weighted by Gasteiger charge is 2.30. The molecule has 0 bridgehead atoms. The van der Waals surface area contributed by atoms with Crippen molar-refractivity contribution in [1.82, 2.24) is 0 Å². The molecular formula is C39H38O2. The maximum Gasteiger partial charge on any atom is 0.335 e. The van der Waals surface area contributed by atoms with Crippen molar-refractivity contribution in [3.05, 3.63) is 143 Å². The Morgan fingerprint density at radius 2 is 1.54 bits per heavy atom. The van der Waals surface area contributed by atoms with E-state index >= 15 is 0 Å². The number of hydrogen-bond acceptors (Lipinski definition) is 1. The summed E-state index contributed by atoms with van der Waals surface area (Å²) >= 11 is 0. The average Bonchev–Trinajstić information content (AvgIpc) is 3.02. The first kappa shape index (κ1) is 28.2. The molecule has 1 aliphatic rings. The number of allylic oxidation sites excluding steroid dienone is 1. The van der Waals surface area contributed by atoms with E-state index in [0.717, 1.165) is 36.0 Å². The van der Waals surface area contributed by atoms with E-state index in [0.29, 0.717) is 23.3 Å². The average molecular weight is 539 g/mol. The van der Waals surface area contributed by atoms with Crippen LogP contribution in [0.4, 0.5) is 0 Å². The predicted octanol–water partition coefficient (Wildman–Crippen LogP) is 9.35. The molecule has 1 aliphatic carbocycles. The van der Waals surface area contributed by atoms with Gasteiger partial charge in [0, 0.05) is 11.5 Å². The van der Waals surface area contributed by atoms with Crippen LogP contribution in [0.5, 0.6) is 0 Å². The van der Waals surface area contributed by atoms with Crippen LogP contribution in [-0.4, -0.2) is 11.1 Å². The van der Waals surface area contributed by atoms with Crippen molar-refractivity contribution in [3.63, 3.8) is 0 Å². The summed E-state index contributed by atoms with van der Waals surface area (Å²) in [5.41, 5.74) is 8.55. The Hall–Kier alpha value is -4.35. The quantitative estimate of drug-likeness (QED) is 0.161. The molecule has 2 nitrogen and oxygen atoms in total. The summed E-state index contributed by atoms with van der Waals surface area (Å²) in [6, 6.07) is 35.1. The molecule has 4 aromatic rings. The lowest BCUT2D eigenvalue weighted by atomic mass is 9.69. The normalized spacial score (nSPS) is 17.3. The van der Waals surface area contributed by atoms with E-state index in [9.17, 15) is 9.90 Å². The maximum atomic E-state index is 11.5. The van der Waals surface area contributed by atoms with Crippen molar-refractivity contribution in [3.8, 4) is 23.5 Å². The lowest BCUT2D eigenvalue weighted by Crippen LogP contribution is -2.23. The summed E-state index contributed by atoms with van der Waals surface area (Å²) in [6.45, 7) is 4.65. The van der Waals surface area contributed by atoms with Gasteiger partial charge in [0.05, 0.1) is 5.56 Å². The van der Waals surface area contributed by atoms with Gasteiger partial charge < -0.3 is 5.11 Å². The Balaban J connectivity index is 1.32. The molecule has 1 saturated carbocycles. The highest BCUT2D eigenvalue weighted by molar-refractivity contribution is 5.89. The van der Waals surface area contributed by atoms with Crippen molar-refractivity contribution in [2.24, 2.45) is 11.8 Å². The van der Waals surface area contributed by atoms with Gasteiger partial charge in [-0.1, -0.05) is 96.9 Å². The zero-order valence-corrected chi connectivity index (χ0v) is 23.6. The third-order valence-corrected chi connectivity index (χ3v) is 8.74. The molecule has 1 atom stereocenters. The van der Waals surface area contributed by atoms with Gasteiger partial charge in [0.15, 0.2) is 0 Å². The number of aryl methyl sites for hydroxylation is 1. The topological polar surface area (TPSA) is 37.3 Å². The van der Waals surface area contributed by atoms with Gasteiger partial charge in [-0.25, -0.2) is 4.79 Å². The third kappa shape index (κ3) is 7.24. The van der Waals surface area contributed by atoms with E-state index in [1.807, 2.05) is 12.1 Å². The molecule has 0 radical (unpaired) electrons. The van der Waals surface area contributed by atoms with Gasteiger partial charge in [0.25, 0.3) is 0 Å². The van der Waals surface area contributed by atoms with E-state index in [1.165, 1.54) is 47.9 Å². The first-order valence-corrected chi connectivity index (χ1v) is 14.7. The van der Waals surface area contributed by atoms with Crippen molar-refractivity contribution in [2.45, 2.75) is 50.9 Å². The Kier molecular flexibility index (Phi) is 9.17. The third-order valence-electron chi connectivity index (χ3n) is 8.74. The highest BCUT2D eigenvalue weighted by Crippen LogP contribution is 2.44. The molecule has 2 heteroatoms. The lowest BCUT2D eigenvalue weighted by Gasteiger charge is -2.35. The molecule has 0 aliphatic heterocycles. The summed E-state index contributed by atoms with van der Waals surface area (Å²) in [6.07, 6.45) is 13.5. The van der Waals surface area contributed by atoms with Crippen molar-refractivity contribution in [2.75, 3.05) is 0 Å². The van der Waals surface area contributed by atoms with Gasteiger partial charge in [-0.2, -0.15) is 0 Å². The fraction of sp³-hybridized carbons (Fsp3) is 0.256. The number of benzene rings is 4. The van der Waals surface area contributed by atoms with E-state index in [-0.39, 0.29) is 0 Å². The first-order chi connectivity index (χ1) is 20.0. The zero-order valence-electron chi connectivity index (χ0n) is 23.6. The molecule has 5 rings (SSSR count). The molecule has 0 spiro atoms. The van der Waals surface area contributed by atoms with Crippen molar-refractivity contribution >= 4 is 5.97 Å². The van der Waals surface area contributed by atoms with Gasteiger partial charge in [-0.05, 0) is 109 Å². The van der Waals surface area contributed by atoms with Gasteiger partial charge >= 0.3 is 5.97 Å².